The van der Waals surface area contributed by atoms with E-state index in [-0.39, 0.29) is 10.8 Å². The second-order valence-corrected chi connectivity index (χ2v) is 38.2. The van der Waals surface area contributed by atoms with Gasteiger partial charge >= 0.3 is 0 Å². The van der Waals surface area contributed by atoms with Gasteiger partial charge in [-0.3, -0.25) is 0 Å². The summed E-state index contributed by atoms with van der Waals surface area (Å²) in [5, 5.41) is 17.9. The number of nitrogens with zero attached hydrogens (tertiary/aromatic N) is 5. The van der Waals surface area contributed by atoms with Gasteiger partial charge in [0.25, 0.3) is 0 Å². The maximum atomic E-state index is 6.79. The van der Waals surface area contributed by atoms with Crippen molar-refractivity contribution < 1.29 is 17.7 Å². The van der Waals surface area contributed by atoms with Crippen LogP contribution in [-0.2, 0) is 10.8 Å². The van der Waals surface area contributed by atoms with Crippen molar-refractivity contribution in [3.05, 3.63) is 405 Å². The fourth-order valence-corrected chi connectivity index (χ4v) is 22.3. The smallest absolute Gasteiger partial charge is 0.135 e. The van der Waals surface area contributed by atoms with Crippen molar-refractivity contribution in [2.75, 3.05) is 14.7 Å². The predicted molar refractivity (Wildman–Crippen MR) is 555 cm³/mol. The average Bonchev–Trinajstić information content (AvgIpc) is 0.985. The summed E-state index contributed by atoms with van der Waals surface area (Å²) in [7, 11) is 0. The minimum atomic E-state index is -0.260. The van der Waals surface area contributed by atoms with Crippen LogP contribution in [0.2, 0.25) is 0 Å². The van der Waals surface area contributed by atoms with Crippen molar-refractivity contribution in [2.24, 2.45) is 0 Å². The van der Waals surface area contributed by atoms with Gasteiger partial charge in [0.15, 0.2) is 0 Å². The summed E-state index contributed by atoms with van der Waals surface area (Å²) in [6.45, 7) is 14.1. The topological polar surface area (TPSA) is 72.1 Å². The lowest BCUT2D eigenvalue weighted by Gasteiger charge is -2.48. The van der Waals surface area contributed by atoms with Crippen molar-refractivity contribution in [2.45, 2.75) is 52.4 Å². The standard InChI is InChI=1S/C124H83N5O4/c1-123(2,3)80-61-78(62-81(69-80)124(4,5)6)79-67-108-122-109(68-79)129(121-88(76-49-59-116-98(65-76)92-31-15-21-43-112(92)132-116)37-24-38-89(121)77-50-60-117-99(66-77)93-32-16-22-44-113(93)133-117)107-71-83(126-101-40-18-12-34-95(101)119-85-28-10-8-26-73(85)46-54-105(119)126)52-56-103(107)127(122)102-55-51-82(125-100-39-17-11-33-94(100)118-84-27-9-7-25-72(84)45-53-104(118)125)70-106(102)128(108)120-86(74-47-57-114-96(63-74)90-29-13-19-41-110(90)130-114)35-23-36-87(120)75-48-58-115-97(64-75)91-30-14-20-42-111(91)131-115/h7-71H,1-6H3. The molecule has 28 rings (SSSR count). The van der Waals surface area contributed by atoms with E-state index in [0.29, 0.717) is 0 Å². The first-order chi connectivity index (χ1) is 65.2. The molecular weight excluding hydrogens is 1620 g/mol. The summed E-state index contributed by atoms with van der Waals surface area (Å²) in [4.78, 5) is 8.00. The molecule has 0 atom stereocenters. The van der Waals surface area contributed by atoms with Crippen LogP contribution in [0, 0.1) is 0 Å². The molecule has 0 aliphatic carbocycles. The number of aromatic nitrogens is 2. The molecule has 0 spiro atoms. The zero-order chi connectivity index (χ0) is 88.1. The van der Waals surface area contributed by atoms with Gasteiger partial charge in [0, 0.05) is 98.3 Å². The normalized spacial score (nSPS) is 13.0. The fourth-order valence-electron chi connectivity index (χ4n) is 22.3. The van der Waals surface area contributed by atoms with E-state index in [4.69, 9.17) is 17.7 Å². The molecule has 0 saturated carbocycles. The van der Waals surface area contributed by atoms with Crippen LogP contribution in [0.5, 0.6) is 0 Å². The Bertz CT molecular complexity index is 8760. The highest BCUT2D eigenvalue weighted by molar-refractivity contribution is 6.25. The van der Waals surface area contributed by atoms with Gasteiger partial charge in [-0.2, -0.15) is 0 Å². The SMILES string of the molecule is CC(C)(C)c1cc(-c2cc3c4c(c2)N(c2c(-c5ccc6oc7ccccc7c6c5)cccc2-c2ccc5oc6ccccc6c5c2)c2cc(-n5c6ccccc6c6c7ccccc7ccc65)ccc2N4c2ccc(-n4c5ccccc5c5c6ccccc6ccc54)cc2N3c2c(-c3ccc4oc5ccccc5c4c3)cccc2-c2ccc3oc4ccccc4c3c2)cc(C(C)(C)C)c1. The van der Waals surface area contributed by atoms with Crippen molar-refractivity contribution in [3.63, 3.8) is 0 Å². The molecule has 9 heteroatoms. The van der Waals surface area contributed by atoms with E-state index in [9.17, 15) is 0 Å². The second kappa shape index (κ2) is 27.8. The van der Waals surface area contributed by atoms with Crippen molar-refractivity contribution in [1.29, 1.82) is 0 Å². The predicted octanol–water partition coefficient (Wildman–Crippen LogP) is 35.8. The molecule has 628 valence electrons. The Hall–Kier alpha value is -16.9. The van der Waals surface area contributed by atoms with Gasteiger partial charge in [0.1, 0.15) is 44.7 Å². The number of fused-ring (bicyclic) bond motifs is 26. The molecule has 0 unspecified atom stereocenters. The molecule has 133 heavy (non-hydrogen) atoms. The molecular formula is C124H83N5O4. The van der Waals surface area contributed by atoms with Gasteiger partial charge in [-0.25, -0.2) is 0 Å². The molecule has 0 bridgehead atoms. The van der Waals surface area contributed by atoms with E-state index in [1.165, 1.54) is 54.2 Å². The zero-order valence-electron chi connectivity index (χ0n) is 73.9. The van der Waals surface area contributed by atoms with E-state index >= 15 is 0 Å². The molecule has 6 aromatic heterocycles. The van der Waals surface area contributed by atoms with Crippen molar-refractivity contribution >= 4 is 204 Å². The minimum Gasteiger partial charge on any atom is -0.456 e. The summed E-state index contributed by atoms with van der Waals surface area (Å²) >= 11 is 0. The Labute approximate surface area is 765 Å². The number of rotatable bonds is 9. The van der Waals surface area contributed by atoms with Gasteiger partial charge < -0.3 is 41.5 Å². The number of hydrogen-bond acceptors (Lipinski definition) is 7. The van der Waals surface area contributed by atoms with Crippen LogP contribution in [0.1, 0.15) is 52.7 Å². The Morgan fingerprint density at radius 1 is 0.188 bits per heavy atom. The number of anilines is 9. The van der Waals surface area contributed by atoms with E-state index < -0.39 is 0 Å². The first-order valence-corrected chi connectivity index (χ1v) is 46.0. The third-order valence-corrected chi connectivity index (χ3v) is 28.6. The summed E-state index contributed by atoms with van der Waals surface area (Å²) in [6, 6.07) is 147. The highest BCUT2D eigenvalue weighted by Gasteiger charge is 2.44. The minimum absolute atomic E-state index is 0.260. The first-order valence-electron chi connectivity index (χ1n) is 46.0. The van der Waals surface area contributed by atoms with E-state index in [2.05, 4.69) is 460 Å². The zero-order valence-corrected chi connectivity index (χ0v) is 73.9. The third kappa shape index (κ3) is 11.2. The van der Waals surface area contributed by atoms with E-state index in [0.717, 1.165) is 228 Å². The molecule has 0 amide bonds. The summed E-state index contributed by atoms with van der Waals surface area (Å²) < 4.78 is 32.2. The Balaban J connectivity index is 0.823. The second-order valence-electron chi connectivity index (χ2n) is 38.2. The van der Waals surface area contributed by atoms with Crippen LogP contribution in [0.3, 0.4) is 0 Å². The maximum absolute atomic E-state index is 6.79. The molecule has 0 fully saturated rings. The highest BCUT2D eigenvalue weighted by Crippen LogP contribution is 2.68. The van der Waals surface area contributed by atoms with Crippen molar-refractivity contribution in [1.82, 2.24) is 9.13 Å². The lowest BCUT2D eigenvalue weighted by Crippen LogP contribution is -2.31. The molecule has 2 aliphatic rings. The fraction of sp³-hybridized carbons (Fsp3) is 0.0645. The van der Waals surface area contributed by atoms with Crippen LogP contribution >= 0.6 is 0 Å². The number of furan rings is 4. The van der Waals surface area contributed by atoms with Gasteiger partial charge in [0.2, 0.25) is 0 Å². The van der Waals surface area contributed by atoms with Gasteiger partial charge in [-0.05, 0) is 222 Å². The molecule has 0 radical (unpaired) electrons. The lowest BCUT2D eigenvalue weighted by molar-refractivity contribution is 0.569. The van der Waals surface area contributed by atoms with Gasteiger partial charge in [0.05, 0.1) is 73.3 Å². The first kappa shape index (κ1) is 75.1. The third-order valence-electron chi connectivity index (χ3n) is 28.6. The Morgan fingerprint density at radius 3 is 0.857 bits per heavy atom. The quantitative estimate of drug-likeness (QED) is 0.143. The molecule has 9 nitrogen and oxygen atoms in total. The molecule has 0 saturated heterocycles. The van der Waals surface area contributed by atoms with Crippen LogP contribution < -0.4 is 14.7 Å². The summed E-state index contributed by atoms with van der Waals surface area (Å²) in [5.41, 5.74) is 34.2. The van der Waals surface area contributed by atoms with Gasteiger partial charge in [-0.1, -0.05) is 290 Å². The lowest BCUT2D eigenvalue weighted by atomic mass is 9.78. The summed E-state index contributed by atoms with van der Waals surface area (Å²) in [5.74, 6) is 0. The average molecular weight is 1710 g/mol. The largest absolute Gasteiger partial charge is 0.456 e. The molecule has 8 heterocycles. The Morgan fingerprint density at radius 2 is 0.496 bits per heavy atom. The van der Waals surface area contributed by atoms with Crippen LogP contribution in [0.25, 0.3) is 220 Å². The number of para-hydroxylation sites is 8. The number of benzene rings is 20. The molecule has 0 N–H and O–H groups in total. The molecule has 26 aromatic rings. The van der Waals surface area contributed by atoms with Crippen molar-refractivity contribution in [3.8, 4) is 67.0 Å². The van der Waals surface area contributed by atoms with E-state index in [1.54, 1.807) is 0 Å². The number of hydrogen-bond donors (Lipinski definition) is 0. The van der Waals surface area contributed by atoms with Crippen LogP contribution in [0.15, 0.2) is 412 Å². The highest BCUT2D eigenvalue weighted by atomic mass is 16.3. The van der Waals surface area contributed by atoms with Crippen LogP contribution in [0.4, 0.5) is 51.2 Å². The van der Waals surface area contributed by atoms with Crippen LogP contribution in [-0.4, -0.2) is 9.13 Å². The monoisotopic (exact) mass is 1710 g/mol. The van der Waals surface area contributed by atoms with E-state index in [1.807, 2.05) is 0 Å². The molecule has 20 aromatic carbocycles. The molecule has 2 aliphatic heterocycles. The Kier molecular flexibility index (Phi) is 15.7. The maximum Gasteiger partial charge on any atom is 0.135 e. The van der Waals surface area contributed by atoms with Gasteiger partial charge in [-0.15, -0.1) is 0 Å². The summed E-state index contributed by atoms with van der Waals surface area (Å²) in [6.07, 6.45) is 0.